The summed E-state index contributed by atoms with van der Waals surface area (Å²) in [4.78, 5) is 4.14. The monoisotopic (exact) mass is 266 g/mol. The van der Waals surface area contributed by atoms with Gasteiger partial charge in [-0.3, -0.25) is 5.10 Å². The first-order chi connectivity index (χ1) is 9.11. The van der Waals surface area contributed by atoms with E-state index in [1.54, 1.807) is 12.1 Å². The van der Waals surface area contributed by atoms with Gasteiger partial charge in [0, 0.05) is 0 Å². The van der Waals surface area contributed by atoms with Crippen LogP contribution in [0.1, 0.15) is 11.8 Å². The first-order valence-corrected chi connectivity index (χ1v) is 5.84. The van der Waals surface area contributed by atoms with Gasteiger partial charge in [0.05, 0.1) is 12.3 Å². The molecule has 102 valence electrons. The Kier molecular flexibility index (Phi) is 2.86. The van der Waals surface area contributed by atoms with Crippen molar-refractivity contribution < 1.29 is 20.1 Å². The fourth-order valence-electron chi connectivity index (χ4n) is 2.27. The maximum absolute atomic E-state index is 9.97. The summed E-state index contributed by atoms with van der Waals surface area (Å²) in [5.74, 6) is 0.321. The SMILES string of the molecule is Nc1ccc2n[nH]c([C@@H]3O[C@H](CO)[C@@H](O)[C@H]3O)c2n1. The topological polar surface area (TPSA) is 138 Å². The van der Waals surface area contributed by atoms with Crippen LogP contribution in [0, 0.1) is 0 Å². The van der Waals surface area contributed by atoms with Gasteiger partial charge >= 0.3 is 0 Å². The van der Waals surface area contributed by atoms with E-state index in [4.69, 9.17) is 15.6 Å². The van der Waals surface area contributed by atoms with Crippen molar-refractivity contribution in [3.05, 3.63) is 17.8 Å². The highest BCUT2D eigenvalue weighted by atomic mass is 16.6. The van der Waals surface area contributed by atoms with Gasteiger partial charge in [0.25, 0.3) is 0 Å². The maximum atomic E-state index is 9.97. The normalized spacial score (nSPS) is 31.1. The van der Waals surface area contributed by atoms with Gasteiger partial charge in [0.2, 0.25) is 0 Å². The summed E-state index contributed by atoms with van der Waals surface area (Å²) in [5.41, 5.74) is 7.12. The lowest BCUT2D eigenvalue weighted by Gasteiger charge is -2.12. The highest BCUT2D eigenvalue weighted by molar-refractivity contribution is 5.78. The number of aliphatic hydroxyl groups excluding tert-OH is 3. The Bertz CT molecular complexity index is 601. The van der Waals surface area contributed by atoms with E-state index < -0.39 is 24.4 Å². The van der Waals surface area contributed by atoms with Gasteiger partial charge in [-0.1, -0.05) is 0 Å². The lowest BCUT2D eigenvalue weighted by Crippen LogP contribution is -2.32. The van der Waals surface area contributed by atoms with Crippen molar-refractivity contribution in [2.75, 3.05) is 12.3 Å². The van der Waals surface area contributed by atoms with E-state index in [1.807, 2.05) is 0 Å². The van der Waals surface area contributed by atoms with Gasteiger partial charge in [-0.15, -0.1) is 0 Å². The Labute approximate surface area is 107 Å². The molecule has 1 fully saturated rings. The van der Waals surface area contributed by atoms with Crippen LogP contribution in [-0.2, 0) is 4.74 Å². The Balaban J connectivity index is 2.03. The predicted octanol–water partition coefficient (Wildman–Crippen LogP) is -1.31. The Morgan fingerprint density at radius 3 is 2.79 bits per heavy atom. The zero-order valence-corrected chi connectivity index (χ0v) is 9.89. The highest BCUT2D eigenvalue weighted by Crippen LogP contribution is 2.35. The Morgan fingerprint density at radius 1 is 1.32 bits per heavy atom. The zero-order chi connectivity index (χ0) is 13.6. The lowest BCUT2D eigenvalue weighted by molar-refractivity contribution is -0.0236. The number of ether oxygens (including phenoxy) is 1. The number of aromatic amines is 1. The van der Waals surface area contributed by atoms with Crippen LogP contribution in [0.4, 0.5) is 5.82 Å². The minimum absolute atomic E-state index is 0.321. The van der Waals surface area contributed by atoms with Crippen molar-refractivity contribution in [1.82, 2.24) is 15.2 Å². The second-order valence-electron chi connectivity index (χ2n) is 4.50. The van der Waals surface area contributed by atoms with Crippen LogP contribution in [0.5, 0.6) is 0 Å². The second-order valence-corrected chi connectivity index (χ2v) is 4.50. The molecule has 0 unspecified atom stereocenters. The smallest absolute Gasteiger partial charge is 0.130 e. The number of aromatic nitrogens is 3. The van der Waals surface area contributed by atoms with Gasteiger partial charge in [-0.05, 0) is 12.1 Å². The van der Waals surface area contributed by atoms with Crippen LogP contribution < -0.4 is 5.73 Å². The molecule has 0 spiro atoms. The number of H-pyrrole nitrogens is 1. The quantitative estimate of drug-likeness (QED) is 0.455. The van der Waals surface area contributed by atoms with Gasteiger partial charge < -0.3 is 25.8 Å². The molecule has 0 aliphatic carbocycles. The molecule has 6 N–H and O–H groups in total. The number of rotatable bonds is 2. The molecule has 0 bridgehead atoms. The molecule has 2 aromatic heterocycles. The van der Waals surface area contributed by atoms with Crippen molar-refractivity contribution in [3.8, 4) is 0 Å². The van der Waals surface area contributed by atoms with E-state index in [0.717, 1.165) is 0 Å². The molecule has 8 heteroatoms. The molecule has 1 aliphatic heterocycles. The molecule has 0 aromatic carbocycles. The Hall–Kier alpha value is -1.74. The average molecular weight is 266 g/mol. The molecule has 3 heterocycles. The number of anilines is 1. The number of aliphatic hydroxyl groups is 3. The van der Waals surface area contributed by atoms with E-state index in [-0.39, 0.29) is 6.61 Å². The molecule has 0 amide bonds. The number of nitrogens with two attached hydrogens (primary N) is 1. The van der Waals surface area contributed by atoms with E-state index in [9.17, 15) is 10.2 Å². The summed E-state index contributed by atoms with van der Waals surface area (Å²) in [5, 5.41) is 35.5. The molecule has 2 aromatic rings. The van der Waals surface area contributed by atoms with Crippen LogP contribution in [0.25, 0.3) is 11.0 Å². The molecule has 4 atom stereocenters. The summed E-state index contributed by atoms with van der Waals surface area (Å²) in [6, 6.07) is 3.31. The fraction of sp³-hybridized carbons (Fsp3) is 0.455. The molecule has 19 heavy (non-hydrogen) atoms. The summed E-state index contributed by atoms with van der Waals surface area (Å²) >= 11 is 0. The Morgan fingerprint density at radius 2 is 2.11 bits per heavy atom. The number of fused-ring (bicyclic) bond motifs is 1. The summed E-state index contributed by atoms with van der Waals surface area (Å²) < 4.78 is 5.43. The standard InChI is InChI=1S/C11H14N4O4/c12-6-2-1-4-7(13-6)8(15-14-4)11-10(18)9(17)5(3-16)19-11/h1-2,5,9-11,16-18H,3H2,(H2,12,13)(H,14,15)/t5-,9-,10-,11+/m1/s1. The van der Waals surface area contributed by atoms with Gasteiger partial charge in [0.1, 0.15) is 41.3 Å². The van der Waals surface area contributed by atoms with Crippen LogP contribution >= 0.6 is 0 Å². The number of nitrogen functional groups attached to an aromatic ring is 1. The number of nitrogens with zero attached hydrogens (tertiary/aromatic N) is 2. The number of pyridine rings is 1. The zero-order valence-electron chi connectivity index (χ0n) is 9.89. The fourth-order valence-corrected chi connectivity index (χ4v) is 2.27. The van der Waals surface area contributed by atoms with Gasteiger partial charge in [0.15, 0.2) is 0 Å². The van der Waals surface area contributed by atoms with Crippen molar-refractivity contribution in [1.29, 1.82) is 0 Å². The van der Waals surface area contributed by atoms with E-state index >= 15 is 0 Å². The molecule has 8 nitrogen and oxygen atoms in total. The molecule has 3 rings (SSSR count). The third-order valence-electron chi connectivity index (χ3n) is 3.27. The second kappa shape index (κ2) is 4.42. The van der Waals surface area contributed by atoms with Crippen molar-refractivity contribution in [3.63, 3.8) is 0 Å². The van der Waals surface area contributed by atoms with E-state index in [0.29, 0.717) is 22.5 Å². The molecule has 0 saturated carbocycles. The van der Waals surface area contributed by atoms with E-state index in [2.05, 4.69) is 15.2 Å². The maximum Gasteiger partial charge on any atom is 0.130 e. The van der Waals surface area contributed by atoms with E-state index in [1.165, 1.54) is 0 Å². The van der Waals surface area contributed by atoms with Crippen LogP contribution in [-0.4, -0.2) is 55.4 Å². The largest absolute Gasteiger partial charge is 0.394 e. The molecule has 1 saturated heterocycles. The van der Waals surface area contributed by atoms with Crippen molar-refractivity contribution in [2.24, 2.45) is 0 Å². The third-order valence-corrected chi connectivity index (χ3v) is 3.27. The highest BCUT2D eigenvalue weighted by Gasteiger charge is 2.44. The van der Waals surface area contributed by atoms with Gasteiger partial charge in [-0.2, -0.15) is 5.10 Å². The number of hydrogen-bond acceptors (Lipinski definition) is 7. The molecular formula is C11H14N4O4. The first kappa shape index (κ1) is 12.3. The molecular weight excluding hydrogens is 252 g/mol. The first-order valence-electron chi connectivity index (χ1n) is 5.84. The summed E-state index contributed by atoms with van der Waals surface area (Å²) in [6.07, 6.45) is -3.98. The summed E-state index contributed by atoms with van der Waals surface area (Å²) in [7, 11) is 0. The summed E-state index contributed by atoms with van der Waals surface area (Å²) in [6.45, 7) is -0.379. The minimum Gasteiger partial charge on any atom is -0.394 e. The molecule has 0 radical (unpaired) electrons. The van der Waals surface area contributed by atoms with Gasteiger partial charge in [-0.25, -0.2) is 4.98 Å². The van der Waals surface area contributed by atoms with Crippen LogP contribution in [0.15, 0.2) is 12.1 Å². The average Bonchev–Trinajstić information content (AvgIpc) is 2.92. The lowest BCUT2D eigenvalue weighted by atomic mass is 10.1. The molecule has 1 aliphatic rings. The third kappa shape index (κ3) is 1.85. The minimum atomic E-state index is -1.16. The van der Waals surface area contributed by atoms with Crippen molar-refractivity contribution in [2.45, 2.75) is 24.4 Å². The number of nitrogens with one attached hydrogen (secondary N) is 1. The predicted molar refractivity (Wildman–Crippen MR) is 65.0 cm³/mol. The van der Waals surface area contributed by atoms with Crippen molar-refractivity contribution >= 4 is 16.9 Å². The number of hydrogen-bond donors (Lipinski definition) is 5. The van der Waals surface area contributed by atoms with Crippen LogP contribution in [0.2, 0.25) is 0 Å². The van der Waals surface area contributed by atoms with Crippen LogP contribution in [0.3, 0.4) is 0 Å².